The molecule has 12 heteroatoms. The van der Waals surface area contributed by atoms with Gasteiger partial charge >= 0.3 is 0 Å². The summed E-state index contributed by atoms with van der Waals surface area (Å²) in [4.78, 5) is 34.2. The molecule has 6 rings (SSSR count). The number of thioether (sulfide) groups is 1. The Balaban J connectivity index is 1.26. The molecule has 0 bridgehead atoms. The highest BCUT2D eigenvalue weighted by molar-refractivity contribution is 7.99. The van der Waals surface area contributed by atoms with Crippen LogP contribution in [0.15, 0.2) is 87.3 Å². The van der Waals surface area contributed by atoms with Gasteiger partial charge in [-0.15, -0.1) is 11.3 Å². The highest BCUT2D eigenvalue weighted by atomic mass is 32.2. The third-order valence-electron chi connectivity index (χ3n) is 6.05. The Labute approximate surface area is 222 Å². The first-order valence-corrected chi connectivity index (χ1v) is 13.4. The number of halogens is 2. The van der Waals surface area contributed by atoms with Crippen molar-refractivity contribution in [1.29, 1.82) is 0 Å². The molecule has 0 fully saturated rings. The van der Waals surface area contributed by atoms with Gasteiger partial charge in [0, 0.05) is 6.42 Å². The summed E-state index contributed by atoms with van der Waals surface area (Å²) in [6.45, 7) is 0. The monoisotopic (exact) mass is 548 g/mol. The number of amides is 1. The quantitative estimate of drug-likeness (QED) is 0.240. The molecule has 38 heavy (non-hydrogen) atoms. The van der Waals surface area contributed by atoms with Gasteiger partial charge in [-0.25, -0.2) is 23.5 Å². The van der Waals surface area contributed by atoms with Crippen molar-refractivity contribution in [2.24, 2.45) is 5.10 Å². The molecule has 1 aliphatic heterocycles. The molecule has 0 spiro atoms. The number of hydrogen-bond donors (Lipinski definition) is 1. The molecule has 0 unspecified atom stereocenters. The van der Waals surface area contributed by atoms with E-state index in [-0.39, 0.29) is 34.1 Å². The molecule has 190 valence electrons. The molecule has 5 aromatic rings. The maximum atomic E-state index is 13.5. The minimum absolute atomic E-state index is 0.0436. The van der Waals surface area contributed by atoms with E-state index in [0.717, 1.165) is 27.9 Å². The smallest absolute Gasteiger partial charge is 0.262 e. The van der Waals surface area contributed by atoms with Gasteiger partial charge < -0.3 is 4.98 Å². The Kier molecular flexibility index (Phi) is 6.34. The molecule has 2 aromatic carbocycles. The second kappa shape index (κ2) is 9.95. The maximum Gasteiger partial charge on any atom is 0.262 e. The summed E-state index contributed by atoms with van der Waals surface area (Å²) in [5.74, 6) is -1.08. The van der Waals surface area contributed by atoms with E-state index in [2.05, 4.69) is 20.2 Å². The number of H-pyrrole nitrogens is 1. The minimum Gasteiger partial charge on any atom is -0.301 e. The lowest BCUT2D eigenvalue weighted by Crippen LogP contribution is -2.28. The van der Waals surface area contributed by atoms with Crippen LogP contribution >= 0.6 is 23.1 Å². The second-order valence-electron chi connectivity index (χ2n) is 8.46. The third kappa shape index (κ3) is 4.63. The van der Waals surface area contributed by atoms with Gasteiger partial charge in [-0.3, -0.25) is 9.59 Å². The van der Waals surface area contributed by atoms with Crippen molar-refractivity contribution in [2.45, 2.75) is 17.6 Å². The van der Waals surface area contributed by atoms with E-state index in [0.29, 0.717) is 17.8 Å². The van der Waals surface area contributed by atoms with Crippen molar-refractivity contribution >= 4 is 45.8 Å². The van der Waals surface area contributed by atoms with Crippen LogP contribution in [0.5, 0.6) is 0 Å². The maximum absolute atomic E-state index is 13.5. The standard InChI is InChI=1S/C26H18F2N6O2S2/c27-16-5-3-15(4-6-16)21-12-20(22-2-1-11-37-22)32-34(21)23(35)14-38-26-30-24-19(25(36)31-26)13-29-33(24)18-9-7-17(28)8-10-18/h1-11,13,21H,12,14H2,(H,30,31,36)/t21-/m1/s1. The number of aromatic amines is 1. The van der Waals surface area contributed by atoms with Crippen molar-refractivity contribution in [3.05, 3.63) is 105 Å². The van der Waals surface area contributed by atoms with Crippen LogP contribution in [-0.4, -0.2) is 42.1 Å². The van der Waals surface area contributed by atoms with E-state index < -0.39 is 11.4 Å². The van der Waals surface area contributed by atoms with Gasteiger partial charge in [-0.1, -0.05) is 30.0 Å². The number of nitrogens with zero attached hydrogens (tertiary/aromatic N) is 5. The number of nitrogens with one attached hydrogen (secondary N) is 1. The summed E-state index contributed by atoms with van der Waals surface area (Å²) < 4.78 is 28.4. The Bertz CT molecular complexity index is 1710. The van der Waals surface area contributed by atoms with E-state index in [1.807, 2.05) is 17.5 Å². The predicted molar refractivity (Wildman–Crippen MR) is 142 cm³/mol. The van der Waals surface area contributed by atoms with Gasteiger partial charge in [-0.05, 0) is 53.4 Å². The number of thiophene rings is 1. The SMILES string of the molecule is O=C(CSc1nc2c(cnn2-c2ccc(F)cc2)c(=O)[nH]1)N1N=C(c2cccs2)C[C@@H]1c1ccc(F)cc1. The fourth-order valence-electron chi connectivity index (χ4n) is 4.21. The molecule has 8 nitrogen and oxygen atoms in total. The topological polar surface area (TPSA) is 96.2 Å². The van der Waals surface area contributed by atoms with Crippen molar-refractivity contribution < 1.29 is 13.6 Å². The fourth-order valence-corrected chi connectivity index (χ4v) is 5.64. The zero-order valence-corrected chi connectivity index (χ0v) is 21.2. The van der Waals surface area contributed by atoms with E-state index >= 15 is 0 Å². The van der Waals surface area contributed by atoms with Crippen LogP contribution in [0.25, 0.3) is 16.7 Å². The lowest BCUT2D eigenvalue weighted by Gasteiger charge is -2.21. The highest BCUT2D eigenvalue weighted by Gasteiger charge is 2.33. The van der Waals surface area contributed by atoms with Crippen LogP contribution in [0.4, 0.5) is 8.78 Å². The summed E-state index contributed by atoms with van der Waals surface area (Å²) in [7, 11) is 0. The van der Waals surface area contributed by atoms with Crippen LogP contribution in [0.1, 0.15) is 22.9 Å². The normalized spacial score (nSPS) is 15.3. The number of benzene rings is 2. The van der Waals surface area contributed by atoms with Crippen LogP contribution in [0.2, 0.25) is 0 Å². The van der Waals surface area contributed by atoms with E-state index in [1.54, 1.807) is 12.1 Å². The van der Waals surface area contributed by atoms with Crippen LogP contribution < -0.4 is 5.56 Å². The van der Waals surface area contributed by atoms with Crippen molar-refractivity contribution in [2.75, 3.05) is 5.75 Å². The summed E-state index contributed by atoms with van der Waals surface area (Å²) in [6.07, 6.45) is 1.89. The largest absolute Gasteiger partial charge is 0.301 e. The molecule has 0 saturated carbocycles. The average molecular weight is 549 g/mol. The molecule has 1 amide bonds. The lowest BCUT2D eigenvalue weighted by atomic mass is 10.0. The number of aromatic nitrogens is 4. The fraction of sp³-hybridized carbons (Fsp3) is 0.115. The lowest BCUT2D eigenvalue weighted by molar-refractivity contribution is -0.130. The number of fused-ring (bicyclic) bond motifs is 1. The first kappa shape index (κ1) is 24.2. The minimum atomic E-state index is -0.401. The number of hydrazone groups is 1. The molecule has 4 heterocycles. The van der Waals surface area contributed by atoms with Crippen LogP contribution in [0, 0.1) is 11.6 Å². The molecule has 1 atom stereocenters. The van der Waals surface area contributed by atoms with Crippen LogP contribution in [-0.2, 0) is 4.79 Å². The number of carbonyl (C=O) groups is 1. The molecule has 1 aliphatic rings. The van der Waals surface area contributed by atoms with Gasteiger partial charge in [0.2, 0.25) is 0 Å². The zero-order valence-electron chi connectivity index (χ0n) is 19.5. The highest BCUT2D eigenvalue weighted by Crippen LogP contribution is 2.34. The number of hydrogen-bond acceptors (Lipinski definition) is 7. The first-order chi connectivity index (χ1) is 18.5. The van der Waals surface area contributed by atoms with Gasteiger partial charge in [0.1, 0.15) is 17.0 Å². The Morgan fingerprint density at radius 1 is 1.08 bits per heavy atom. The number of rotatable bonds is 6. The van der Waals surface area contributed by atoms with E-state index in [4.69, 9.17) is 0 Å². The average Bonchev–Trinajstić information content (AvgIpc) is 3.68. The Morgan fingerprint density at radius 2 is 1.82 bits per heavy atom. The molecule has 0 aliphatic carbocycles. The molecule has 0 saturated heterocycles. The molecular formula is C26H18F2N6O2S2. The van der Waals surface area contributed by atoms with Crippen molar-refractivity contribution in [3.8, 4) is 5.69 Å². The van der Waals surface area contributed by atoms with Gasteiger partial charge in [-0.2, -0.15) is 10.2 Å². The van der Waals surface area contributed by atoms with E-state index in [1.165, 1.54) is 63.6 Å². The summed E-state index contributed by atoms with van der Waals surface area (Å²) in [5.41, 5.74) is 1.99. The second-order valence-corrected chi connectivity index (χ2v) is 10.4. The zero-order chi connectivity index (χ0) is 26.2. The molecule has 0 radical (unpaired) electrons. The van der Waals surface area contributed by atoms with Crippen molar-refractivity contribution in [1.82, 2.24) is 24.8 Å². The van der Waals surface area contributed by atoms with Crippen LogP contribution in [0.3, 0.4) is 0 Å². The predicted octanol–water partition coefficient (Wildman–Crippen LogP) is 4.92. The first-order valence-electron chi connectivity index (χ1n) is 11.5. The summed E-state index contributed by atoms with van der Waals surface area (Å²) in [6, 6.07) is 15.2. The molecule has 3 aromatic heterocycles. The van der Waals surface area contributed by atoms with Gasteiger partial charge in [0.05, 0.1) is 34.3 Å². The summed E-state index contributed by atoms with van der Waals surface area (Å²) in [5, 5.41) is 12.7. The summed E-state index contributed by atoms with van der Waals surface area (Å²) >= 11 is 2.60. The third-order valence-corrected chi connectivity index (χ3v) is 7.82. The van der Waals surface area contributed by atoms with E-state index in [9.17, 15) is 18.4 Å². The van der Waals surface area contributed by atoms with Crippen molar-refractivity contribution in [3.63, 3.8) is 0 Å². The molecule has 1 N–H and O–H groups in total. The molecular weight excluding hydrogens is 530 g/mol. The van der Waals surface area contributed by atoms with Gasteiger partial charge in [0.15, 0.2) is 10.8 Å². The number of carbonyl (C=O) groups excluding carboxylic acids is 1. The van der Waals surface area contributed by atoms with Gasteiger partial charge in [0.25, 0.3) is 11.5 Å². The Morgan fingerprint density at radius 3 is 2.53 bits per heavy atom. The Hall–Kier alpha value is -4.16.